The predicted octanol–water partition coefficient (Wildman–Crippen LogP) is 3.37. The number of aryl methyl sites for hydroxylation is 2. The number of carbonyl (C=O) groups is 1. The fraction of sp³-hybridized carbons (Fsp3) is 0.533. The molecule has 0 bridgehead atoms. The van der Waals surface area contributed by atoms with Crippen molar-refractivity contribution in [1.29, 1.82) is 0 Å². The number of aromatic nitrogens is 2. The smallest absolute Gasteiger partial charge is 0.303 e. The van der Waals surface area contributed by atoms with Crippen molar-refractivity contribution in [2.75, 3.05) is 11.9 Å². The number of thiophene rings is 1. The Morgan fingerprint density at radius 1 is 1.43 bits per heavy atom. The van der Waals surface area contributed by atoms with E-state index >= 15 is 0 Å². The first-order valence-corrected chi connectivity index (χ1v) is 7.99. The van der Waals surface area contributed by atoms with Crippen molar-refractivity contribution in [3.05, 3.63) is 16.8 Å². The molecule has 1 aliphatic carbocycles. The topological polar surface area (TPSA) is 75.1 Å². The van der Waals surface area contributed by atoms with Crippen LogP contribution >= 0.6 is 11.3 Å². The molecule has 21 heavy (non-hydrogen) atoms. The van der Waals surface area contributed by atoms with Crippen LogP contribution < -0.4 is 5.32 Å². The van der Waals surface area contributed by atoms with Gasteiger partial charge in [-0.05, 0) is 37.7 Å². The highest BCUT2D eigenvalue weighted by molar-refractivity contribution is 7.18. The third kappa shape index (κ3) is 2.60. The maximum absolute atomic E-state index is 11.0. The van der Waals surface area contributed by atoms with E-state index in [1.807, 2.05) is 0 Å². The van der Waals surface area contributed by atoms with Crippen LogP contribution in [0.5, 0.6) is 0 Å². The van der Waals surface area contributed by atoms with Crippen LogP contribution in [0.25, 0.3) is 10.2 Å². The summed E-state index contributed by atoms with van der Waals surface area (Å²) in [6.07, 6.45) is 4.87. The molecule has 112 valence electrons. The summed E-state index contributed by atoms with van der Waals surface area (Å²) in [6, 6.07) is 0. The summed E-state index contributed by atoms with van der Waals surface area (Å²) in [5, 5.41) is 13.5. The van der Waals surface area contributed by atoms with Crippen molar-refractivity contribution in [3.8, 4) is 0 Å². The van der Waals surface area contributed by atoms with E-state index in [1.54, 1.807) is 17.7 Å². The molecule has 1 aliphatic rings. The minimum Gasteiger partial charge on any atom is -0.481 e. The average molecular weight is 305 g/mol. The minimum atomic E-state index is -0.716. The van der Waals surface area contributed by atoms with Crippen molar-refractivity contribution in [3.63, 3.8) is 0 Å². The SMILES string of the molecule is Cc1sc2ncnc(NCC3(CC(=O)O)CCC3)c2c1C. The lowest BCUT2D eigenvalue weighted by atomic mass is 9.66. The first-order chi connectivity index (χ1) is 10.0. The van der Waals surface area contributed by atoms with Crippen molar-refractivity contribution in [2.45, 2.75) is 39.5 Å². The molecule has 0 atom stereocenters. The summed E-state index contributed by atoms with van der Waals surface area (Å²) in [4.78, 5) is 22.0. The molecule has 2 aromatic heterocycles. The second kappa shape index (κ2) is 5.26. The Labute approximate surface area is 127 Å². The summed E-state index contributed by atoms with van der Waals surface area (Å²) in [5.41, 5.74) is 1.10. The molecular formula is C15H19N3O2S. The van der Waals surface area contributed by atoms with Crippen LogP contribution in [-0.4, -0.2) is 27.6 Å². The van der Waals surface area contributed by atoms with E-state index in [1.165, 1.54) is 10.4 Å². The molecule has 2 N–H and O–H groups in total. The molecule has 1 saturated carbocycles. The summed E-state index contributed by atoms with van der Waals surface area (Å²) in [5.74, 6) is 0.116. The number of carboxylic acids is 1. The number of rotatable bonds is 5. The standard InChI is InChI=1S/C15H19N3O2S/c1-9-10(2)21-14-12(9)13(17-8-18-14)16-7-15(4-3-5-15)6-11(19)20/h8H,3-7H2,1-2H3,(H,19,20)(H,16,17,18). The number of nitrogens with zero attached hydrogens (tertiary/aromatic N) is 2. The Bertz CT molecular complexity index is 692. The second-order valence-corrected chi connectivity index (χ2v) is 7.17. The van der Waals surface area contributed by atoms with E-state index in [0.717, 1.165) is 35.3 Å². The van der Waals surface area contributed by atoms with Gasteiger partial charge in [-0.1, -0.05) is 6.42 Å². The Morgan fingerprint density at radius 3 is 2.81 bits per heavy atom. The number of aliphatic carboxylic acids is 1. The molecule has 0 spiro atoms. The summed E-state index contributed by atoms with van der Waals surface area (Å²) < 4.78 is 0. The van der Waals surface area contributed by atoms with Gasteiger partial charge in [0, 0.05) is 11.4 Å². The zero-order valence-corrected chi connectivity index (χ0v) is 13.1. The monoisotopic (exact) mass is 305 g/mol. The second-order valence-electron chi connectivity index (χ2n) is 5.96. The van der Waals surface area contributed by atoms with Crippen LogP contribution in [0.15, 0.2) is 6.33 Å². The largest absolute Gasteiger partial charge is 0.481 e. The van der Waals surface area contributed by atoms with Gasteiger partial charge in [-0.15, -0.1) is 11.3 Å². The van der Waals surface area contributed by atoms with E-state index in [4.69, 9.17) is 5.11 Å². The normalized spacial score (nSPS) is 16.7. The third-order valence-corrected chi connectivity index (χ3v) is 5.65. The molecule has 2 aromatic rings. The van der Waals surface area contributed by atoms with Gasteiger partial charge in [0.1, 0.15) is 17.0 Å². The number of hydrogen-bond donors (Lipinski definition) is 2. The highest BCUT2D eigenvalue weighted by Crippen LogP contribution is 2.44. The van der Waals surface area contributed by atoms with E-state index in [2.05, 4.69) is 29.1 Å². The number of fused-ring (bicyclic) bond motifs is 1. The molecule has 3 rings (SSSR count). The minimum absolute atomic E-state index is 0.109. The van der Waals surface area contributed by atoms with Crippen molar-refractivity contribution in [1.82, 2.24) is 9.97 Å². The van der Waals surface area contributed by atoms with Crippen LogP contribution in [-0.2, 0) is 4.79 Å². The molecule has 0 unspecified atom stereocenters. The molecule has 0 aliphatic heterocycles. The first kappa shape index (κ1) is 14.3. The first-order valence-electron chi connectivity index (χ1n) is 7.17. The molecule has 2 heterocycles. The Hall–Kier alpha value is -1.69. The van der Waals surface area contributed by atoms with Crippen molar-refractivity contribution in [2.24, 2.45) is 5.41 Å². The van der Waals surface area contributed by atoms with Gasteiger partial charge in [0.25, 0.3) is 0 Å². The quantitative estimate of drug-likeness (QED) is 0.886. The van der Waals surface area contributed by atoms with Gasteiger partial charge in [0.05, 0.1) is 11.8 Å². The van der Waals surface area contributed by atoms with Crippen molar-refractivity contribution >= 4 is 33.3 Å². The predicted molar refractivity (Wildman–Crippen MR) is 83.9 cm³/mol. The van der Waals surface area contributed by atoms with Crippen LogP contribution in [0.4, 0.5) is 5.82 Å². The fourth-order valence-corrected chi connectivity index (χ4v) is 4.00. The van der Waals surface area contributed by atoms with Gasteiger partial charge in [0.15, 0.2) is 0 Å². The highest BCUT2D eigenvalue weighted by Gasteiger charge is 2.39. The van der Waals surface area contributed by atoms with Gasteiger partial charge in [0.2, 0.25) is 0 Å². The van der Waals surface area contributed by atoms with Gasteiger partial charge < -0.3 is 10.4 Å². The molecule has 5 nitrogen and oxygen atoms in total. The maximum atomic E-state index is 11.0. The highest BCUT2D eigenvalue weighted by atomic mass is 32.1. The lowest BCUT2D eigenvalue weighted by Crippen LogP contribution is -2.38. The summed E-state index contributed by atoms with van der Waals surface area (Å²) >= 11 is 1.67. The summed E-state index contributed by atoms with van der Waals surface area (Å²) in [7, 11) is 0. The van der Waals surface area contributed by atoms with Gasteiger partial charge >= 0.3 is 5.97 Å². The van der Waals surface area contributed by atoms with E-state index in [0.29, 0.717) is 6.54 Å². The molecule has 6 heteroatoms. The van der Waals surface area contributed by atoms with E-state index in [-0.39, 0.29) is 11.8 Å². The third-order valence-electron chi connectivity index (χ3n) is 4.54. The maximum Gasteiger partial charge on any atom is 0.303 e. The zero-order chi connectivity index (χ0) is 15.0. The molecule has 0 aromatic carbocycles. The Balaban J connectivity index is 1.83. The fourth-order valence-electron chi connectivity index (χ4n) is 3.00. The van der Waals surface area contributed by atoms with Crippen LogP contribution in [0, 0.1) is 19.3 Å². The molecule has 1 fully saturated rings. The van der Waals surface area contributed by atoms with E-state index < -0.39 is 5.97 Å². The van der Waals surface area contributed by atoms with Crippen LogP contribution in [0.3, 0.4) is 0 Å². The molecule has 0 amide bonds. The number of nitrogens with one attached hydrogen (secondary N) is 1. The van der Waals surface area contributed by atoms with Gasteiger partial charge in [-0.25, -0.2) is 9.97 Å². The van der Waals surface area contributed by atoms with Crippen LogP contribution in [0.2, 0.25) is 0 Å². The van der Waals surface area contributed by atoms with Gasteiger partial charge in [-0.2, -0.15) is 0 Å². The Kier molecular flexibility index (Phi) is 3.57. The number of anilines is 1. The Morgan fingerprint density at radius 2 is 2.19 bits per heavy atom. The zero-order valence-electron chi connectivity index (χ0n) is 12.3. The van der Waals surface area contributed by atoms with Crippen molar-refractivity contribution < 1.29 is 9.90 Å². The lowest BCUT2D eigenvalue weighted by molar-refractivity contribution is -0.141. The lowest BCUT2D eigenvalue weighted by Gasteiger charge is -2.41. The van der Waals surface area contributed by atoms with E-state index in [9.17, 15) is 4.79 Å². The number of carboxylic acid groups (broad SMARTS) is 1. The molecule has 0 saturated heterocycles. The number of hydrogen-bond acceptors (Lipinski definition) is 5. The van der Waals surface area contributed by atoms with Gasteiger partial charge in [-0.3, -0.25) is 4.79 Å². The average Bonchev–Trinajstić information content (AvgIpc) is 2.68. The summed E-state index contributed by atoms with van der Waals surface area (Å²) in [6.45, 7) is 4.84. The van der Waals surface area contributed by atoms with Crippen LogP contribution in [0.1, 0.15) is 36.1 Å². The molecule has 0 radical (unpaired) electrons. The molecular weight excluding hydrogens is 286 g/mol.